The van der Waals surface area contributed by atoms with Gasteiger partial charge in [0.15, 0.2) is 0 Å². The molecular formula is C14H18FNO. The molecule has 1 aromatic carbocycles. The van der Waals surface area contributed by atoms with Crippen molar-refractivity contribution >= 4 is 5.91 Å². The van der Waals surface area contributed by atoms with Crippen molar-refractivity contribution in [2.75, 3.05) is 6.54 Å². The first-order chi connectivity index (χ1) is 8.18. The van der Waals surface area contributed by atoms with Crippen LogP contribution in [0.25, 0.3) is 0 Å². The maximum Gasteiger partial charge on any atom is 0.254 e. The Morgan fingerprint density at radius 1 is 1.47 bits per heavy atom. The molecule has 0 atom stereocenters. The van der Waals surface area contributed by atoms with Gasteiger partial charge in [0.2, 0.25) is 0 Å². The molecule has 0 bridgehead atoms. The van der Waals surface area contributed by atoms with Crippen LogP contribution in [-0.4, -0.2) is 12.5 Å². The van der Waals surface area contributed by atoms with Gasteiger partial charge >= 0.3 is 0 Å². The zero-order valence-corrected chi connectivity index (χ0v) is 10.1. The first kappa shape index (κ1) is 12.1. The summed E-state index contributed by atoms with van der Waals surface area (Å²) >= 11 is 0. The fraction of sp³-hybridized carbons (Fsp3) is 0.500. The quantitative estimate of drug-likeness (QED) is 0.853. The third-order valence-corrected chi connectivity index (χ3v) is 3.50. The smallest absolute Gasteiger partial charge is 0.254 e. The van der Waals surface area contributed by atoms with Crippen LogP contribution in [0.3, 0.4) is 0 Å². The van der Waals surface area contributed by atoms with Crippen molar-refractivity contribution in [1.29, 1.82) is 0 Å². The minimum absolute atomic E-state index is 0.151. The lowest BCUT2D eigenvalue weighted by Gasteiger charge is -2.25. The van der Waals surface area contributed by atoms with Crippen LogP contribution >= 0.6 is 0 Å². The molecule has 1 aliphatic rings. The Morgan fingerprint density at radius 3 is 2.88 bits per heavy atom. The summed E-state index contributed by atoms with van der Waals surface area (Å²) in [6.07, 6.45) is 4.87. The van der Waals surface area contributed by atoms with E-state index in [2.05, 4.69) is 5.32 Å². The average Bonchev–Trinajstić information content (AvgIpc) is 2.25. The van der Waals surface area contributed by atoms with Gasteiger partial charge in [-0.15, -0.1) is 0 Å². The first-order valence-electron chi connectivity index (χ1n) is 6.22. The zero-order chi connectivity index (χ0) is 12.3. The summed E-state index contributed by atoms with van der Waals surface area (Å²) in [6.45, 7) is 2.32. The Balaban J connectivity index is 1.87. The average molecular weight is 235 g/mol. The minimum Gasteiger partial charge on any atom is -0.352 e. The summed E-state index contributed by atoms with van der Waals surface area (Å²) in [5.41, 5.74) is 0.662. The molecule has 1 fully saturated rings. The van der Waals surface area contributed by atoms with E-state index in [9.17, 15) is 9.18 Å². The van der Waals surface area contributed by atoms with E-state index in [1.165, 1.54) is 25.3 Å². The molecule has 2 rings (SSSR count). The van der Waals surface area contributed by atoms with Crippen LogP contribution in [0.4, 0.5) is 4.39 Å². The Kier molecular flexibility index (Phi) is 3.77. The van der Waals surface area contributed by atoms with E-state index >= 15 is 0 Å². The number of halogens is 1. The summed E-state index contributed by atoms with van der Waals surface area (Å²) in [5, 5.41) is 2.79. The Labute approximate surface area is 101 Å². The lowest BCUT2D eigenvalue weighted by atomic mass is 9.83. The normalized spacial score (nSPS) is 15.4. The van der Waals surface area contributed by atoms with Gasteiger partial charge in [0.25, 0.3) is 5.91 Å². The highest BCUT2D eigenvalue weighted by molar-refractivity contribution is 5.94. The van der Waals surface area contributed by atoms with Crippen LogP contribution in [0, 0.1) is 18.7 Å². The highest BCUT2D eigenvalue weighted by atomic mass is 19.1. The molecule has 0 unspecified atom stereocenters. The Morgan fingerprint density at radius 2 is 2.24 bits per heavy atom. The van der Waals surface area contributed by atoms with Crippen molar-refractivity contribution < 1.29 is 9.18 Å². The third-order valence-electron chi connectivity index (χ3n) is 3.50. The third kappa shape index (κ3) is 2.84. The zero-order valence-electron chi connectivity index (χ0n) is 10.1. The summed E-state index contributed by atoms with van der Waals surface area (Å²) in [5.74, 6) is 0.0526. The van der Waals surface area contributed by atoms with E-state index < -0.39 is 5.82 Å². The molecule has 3 heteroatoms. The van der Waals surface area contributed by atoms with Crippen LogP contribution in [0.1, 0.15) is 41.6 Å². The van der Waals surface area contributed by atoms with Crippen molar-refractivity contribution in [1.82, 2.24) is 5.32 Å². The molecule has 1 aliphatic carbocycles. The standard InChI is InChI=1S/C14H18FNO/c1-10-4-2-7-12(13(10)15)14(17)16-9-8-11-5-3-6-11/h2,4,7,11H,3,5-6,8-9H2,1H3,(H,16,17). The number of amides is 1. The fourth-order valence-corrected chi connectivity index (χ4v) is 2.09. The van der Waals surface area contributed by atoms with E-state index in [0.717, 1.165) is 12.3 Å². The van der Waals surface area contributed by atoms with Crippen LogP contribution in [0.15, 0.2) is 18.2 Å². The summed E-state index contributed by atoms with van der Waals surface area (Å²) in [7, 11) is 0. The molecule has 17 heavy (non-hydrogen) atoms. The van der Waals surface area contributed by atoms with Gasteiger partial charge in [0, 0.05) is 6.54 Å². The van der Waals surface area contributed by atoms with Gasteiger partial charge in [-0.2, -0.15) is 0 Å². The molecule has 0 spiro atoms. The van der Waals surface area contributed by atoms with E-state index in [1.54, 1.807) is 19.1 Å². The lowest BCUT2D eigenvalue weighted by Crippen LogP contribution is -2.28. The van der Waals surface area contributed by atoms with Crippen molar-refractivity contribution in [2.45, 2.75) is 32.6 Å². The largest absolute Gasteiger partial charge is 0.352 e. The van der Waals surface area contributed by atoms with Crippen molar-refractivity contribution in [3.8, 4) is 0 Å². The molecular weight excluding hydrogens is 217 g/mol. The second kappa shape index (κ2) is 5.30. The molecule has 1 amide bonds. The second-order valence-corrected chi connectivity index (χ2v) is 4.78. The summed E-state index contributed by atoms with van der Waals surface area (Å²) in [6, 6.07) is 4.90. The van der Waals surface area contributed by atoms with E-state index in [4.69, 9.17) is 0 Å². The Hall–Kier alpha value is -1.38. The van der Waals surface area contributed by atoms with Gasteiger partial charge in [-0.05, 0) is 30.9 Å². The number of hydrogen-bond donors (Lipinski definition) is 1. The van der Waals surface area contributed by atoms with Gasteiger partial charge in [0.1, 0.15) is 5.82 Å². The van der Waals surface area contributed by atoms with Gasteiger partial charge in [-0.1, -0.05) is 31.4 Å². The fourth-order valence-electron chi connectivity index (χ4n) is 2.09. The van der Waals surface area contributed by atoms with E-state index in [1.807, 2.05) is 0 Å². The van der Waals surface area contributed by atoms with Gasteiger partial charge in [0.05, 0.1) is 5.56 Å². The van der Waals surface area contributed by atoms with Crippen LogP contribution < -0.4 is 5.32 Å². The van der Waals surface area contributed by atoms with Gasteiger partial charge in [-0.25, -0.2) is 4.39 Å². The van der Waals surface area contributed by atoms with E-state index in [0.29, 0.717) is 12.1 Å². The first-order valence-corrected chi connectivity index (χ1v) is 6.22. The number of aryl methyl sites for hydroxylation is 1. The molecule has 0 aliphatic heterocycles. The SMILES string of the molecule is Cc1cccc(C(=O)NCCC2CCC2)c1F. The Bertz CT molecular complexity index is 413. The van der Waals surface area contributed by atoms with Gasteiger partial charge in [-0.3, -0.25) is 4.79 Å². The van der Waals surface area contributed by atoms with Crippen LogP contribution in [0.5, 0.6) is 0 Å². The van der Waals surface area contributed by atoms with Crippen molar-refractivity contribution in [3.63, 3.8) is 0 Å². The van der Waals surface area contributed by atoms with Crippen LogP contribution in [0.2, 0.25) is 0 Å². The van der Waals surface area contributed by atoms with Crippen molar-refractivity contribution in [2.24, 2.45) is 5.92 Å². The molecule has 0 aromatic heterocycles. The molecule has 0 saturated heterocycles. The maximum absolute atomic E-state index is 13.7. The monoisotopic (exact) mass is 235 g/mol. The number of rotatable bonds is 4. The van der Waals surface area contributed by atoms with Crippen LogP contribution in [-0.2, 0) is 0 Å². The predicted molar refractivity (Wildman–Crippen MR) is 65.4 cm³/mol. The molecule has 1 saturated carbocycles. The number of hydrogen-bond acceptors (Lipinski definition) is 1. The number of carbonyl (C=O) groups is 1. The molecule has 1 N–H and O–H groups in total. The second-order valence-electron chi connectivity index (χ2n) is 4.78. The molecule has 1 aromatic rings. The summed E-state index contributed by atoms with van der Waals surface area (Å²) in [4.78, 5) is 11.8. The van der Waals surface area contributed by atoms with Crippen molar-refractivity contribution in [3.05, 3.63) is 35.1 Å². The lowest BCUT2D eigenvalue weighted by molar-refractivity contribution is 0.0945. The molecule has 2 nitrogen and oxygen atoms in total. The minimum atomic E-state index is -0.409. The highest BCUT2D eigenvalue weighted by Crippen LogP contribution is 2.28. The van der Waals surface area contributed by atoms with E-state index in [-0.39, 0.29) is 11.5 Å². The number of carbonyl (C=O) groups excluding carboxylic acids is 1. The number of nitrogens with one attached hydrogen (secondary N) is 1. The highest BCUT2D eigenvalue weighted by Gasteiger charge is 2.18. The topological polar surface area (TPSA) is 29.1 Å². The van der Waals surface area contributed by atoms with Gasteiger partial charge < -0.3 is 5.32 Å². The number of benzene rings is 1. The molecule has 0 heterocycles. The molecule has 92 valence electrons. The predicted octanol–water partition coefficient (Wildman–Crippen LogP) is 3.05. The summed E-state index contributed by atoms with van der Waals surface area (Å²) < 4.78 is 13.7. The maximum atomic E-state index is 13.7. The molecule has 0 radical (unpaired) electrons.